The number of rotatable bonds is 15. The number of likely N-dealkylation sites (N-methyl/N-ethyl adjacent to an activating group) is 1. The minimum absolute atomic E-state index is 0.0691. The molecule has 1 heterocycles. The fourth-order valence-electron chi connectivity index (χ4n) is 9.36. The van der Waals surface area contributed by atoms with Gasteiger partial charge in [-0.2, -0.15) is 0 Å². The van der Waals surface area contributed by atoms with E-state index in [2.05, 4.69) is 16.7 Å². The van der Waals surface area contributed by atoms with Crippen molar-refractivity contribution in [2.45, 2.75) is 58.3 Å². The predicted molar refractivity (Wildman–Crippen MR) is 241 cm³/mol. The first kappa shape index (κ1) is 43.2. The summed E-state index contributed by atoms with van der Waals surface area (Å²) < 4.78 is 12.5. The standard InChI is InChI=1S/C50H53N5O8/c1-27-9-6-13-40(28(27)2)62-24-35(22-52-5)54(26-56)49(60)39-21-34-12-8-14-41(44(34)46(57)29(39)3)63-25-36(55-48(59)30(4)45(51)50(55)61)23-53-47(58)38-20-18-33-16-15-31-10-7-11-32-17-19-37(38)43(33)42(31)32/h6-20,26,29-30,35-36,39,45-46,52,57H,21-25,51H2,1-5H3,(H,53,58). The molecule has 63 heavy (non-hydrogen) atoms. The van der Waals surface area contributed by atoms with Gasteiger partial charge in [-0.15, -0.1) is 0 Å². The van der Waals surface area contributed by atoms with Gasteiger partial charge >= 0.3 is 0 Å². The lowest BCUT2D eigenvalue weighted by molar-refractivity contribution is -0.148. The van der Waals surface area contributed by atoms with Gasteiger partial charge in [-0.05, 0) is 100 Å². The Bertz CT molecular complexity index is 2700. The Morgan fingerprint density at radius 2 is 1.51 bits per heavy atom. The molecule has 1 fully saturated rings. The molecule has 0 bridgehead atoms. The lowest BCUT2D eigenvalue weighted by atomic mass is 9.73. The smallest absolute Gasteiger partial charge is 0.251 e. The number of carbonyl (C=O) groups excluding carboxylic acids is 5. The highest BCUT2D eigenvalue weighted by Crippen LogP contribution is 2.43. The molecule has 0 radical (unpaired) electrons. The van der Waals surface area contributed by atoms with Gasteiger partial charge in [0, 0.05) is 30.1 Å². The first-order chi connectivity index (χ1) is 30.3. The predicted octanol–water partition coefficient (Wildman–Crippen LogP) is 5.20. The molecule has 6 aromatic rings. The average Bonchev–Trinajstić information content (AvgIpc) is 3.48. The van der Waals surface area contributed by atoms with E-state index in [0.29, 0.717) is 41.1 Å². The van der Waals surface area contributed by atoms with E-state index in [-0.39, 0.29) is 32.1 Å². The fraction of sp³-hybridized carbons (Fsp3) is 0.340. The molecular weight excluding hydrogens is 799 g/mol. The highest BCUT2D eigenvalue weighted by atomic mass is 16.5. The van der Waals surface area contributed by atoms with Crippen LogP contribution in [-0.4, -0.2) is 96.4 Å². The number of hydrogen-bond donors (Lipinski definition) is 4. The summed E-state index contributed by atoms with van der Waals surface area (Å²) in [6.45, 7) is 7.30. The van der Waals surface area contributed by atoms with Crippen molar-refractivity contribution in [2.24, 2.45) is 23.5 Å². The summed E-state index contributed by atoms with van der Waals surface area (Å²) >= 11 is 0. The third-order valence-corrected chi connectivity index (χ3v) is 13.3. The summed E-state index contributed by atoms with van der Waals surface area (Å²) in [5.41, 5.74) is 9.77. The molecule has 7 unspecified atom stereocenters. The number of nitrogens with two attached hydrogens (primary N) is 1. The zero-order chi connectivity index (χ0) is 44.7. The number of imide groups is 2. The highest BCUT2D eigenvalue weighted by molar-refractivity contribution is 6.26. The summed E-state index contributed by atoms with van der Waals surface area (Å²) in [5, 5.41) is 23.9. The molecule has 5 N–H and O–H groups in total. The summed E-state index contributed by atoms with van der Waals surface area (Å²) in [6.07, 6.45) is -0.425. The van der Waals surface area contributed by atoms with Crippen LogP contribution in [0, 0.1) is 31.6 Å². The Kier molecular flexibility index (Phi) is 12.2. The van der Waals surface area contributed by atoms with Gasteiger partial charge in [-0.3, -0.25) is 33.8 Å². The van der Waals surface area contributed by atoms with Gasteiger partial charge in [0.2, 0.25) is 24.1 Å². The fourth-order valence-corrected chi connectivity index (χ4v) is 9.36. The number of aliphatic hydroxyl groups is 1. The van der Waals surface area contributed by atoms with Crippen LogP contribution in [0.4, 0.5) is 0 Å². The Morgan fingerprint density at radius 3 is 2.21 bits per heavy atom. The zero-order valence-corrected chi connectivity index (χ0v) is 36.1. The first-order valence-electron chi connectivity index (χ1n) is 21.5. The SMILES string of the molecule is CNCC(COc1cccc(C)c1C)N(C=O)C(=O)C1Cc2cccc(OCC(CNC(=O)c3ccc4ccc5cccc6ccc3c4c56)N3C(=O)C(C)C(N)C3=O)c2C(O)C1C. The van der Waals surface area contributed by atoms with Crippen LogP contribution in [0.2, 0.25) is 0 Å². The number of aryl methyl sites for hydroxylation is 1. The normalized spacial score (nSPS) is 20.8. The molecule has 1 saturated heterocycles. The van der Waals surface area contributed by atoms with Crippen LogP contribution in [-0.2, 0) is 25.6 Å². The molecule has 6 aromatic carbocycles. The molecule has 1 aliphatic carbocycles. The van der Waals surface area contributed by atoms with Crippen LogP contribution in [0.15, 0.2) is 91.0 Å². The van der Waals surface area contributed by atoms with E-state index in [1.165, 1.54) is 0 Å². The molecule has 13 nitrogen and oxygen atoms in total. The molecular formula is C50H53N5O8. The molecule has 2 aliphatic rings. The van der Waals surface area contributed by atoms with Crippen LogP contribution in [0.5, 0.6) is 11.5 Å². The van der Waals surface area contributed by atoms with Crippen LogP contribution in [0.3, 0.4) is 0 Å². The number of ether oxygens (including phenoxy) is 2. The number of carbonyl (C=O) groups is 5. The van der Waals surface area contributed by atoms with Gasteiger partial charge in [0.25, 0.3) is 5.91 Å². The Balaban J connectivity index is 1.02. The van der Waals surface area contributed by atoms with Gasteiger partial charge in [0.15, 0.2) is 0 Å². The van der Waals surface area contributed by atoms with Crippen molar-refractivity contribution < 1.29 is 38.6 Å². The van der Waals surface area contributed by atoms with Gasteiger partial charge in [-0.1, -0.05) is 86.6 Å². The van der Waals surface area contributed by atoms with Crippen molar-refractivity contribution in [3.63, 3.8) is 0 Å². The van der Waals surface area contributed by atoms with Crippen molar-refractivity contribution >= 4 is 62.4 Å². The molecule has 1 aliphatic heterocycles. The maximum Gasteiger partial charge on any atom is 0.251 e. The number of likely N-dealkylation sites (tertiary alicyclic amines) is 1. The third kappa shape index (κ3) is 7.85. The van der Waals surface area contributed by atoms with E-state index < -0.39 is 59.7 Å². The van der Waals surface area contributed by atoms with Gasteiger partial charge in [0.1, 0.15) is 24.7 Å². The minimum Gasteiger partial charge on any atom is -0.491 e. The van der Waals surface area contributed by atoms with E-state index >= 15 is 0 Å². The zero-order valence-electron chi connectivity index (χ0n) is 36.1. The van der Waals surface area contributed by atoms with Crippen molar-refractivity contribution in [1.82, 2.24) is 20.4 Å². The van der Waals surface area contributed by atoms with Crippen molar-refractivity contribution in [3.05, 3.63) is 119 Å². The monoisotopic (exact) mass is 851 g/mol. The minimum atomic E-state index is -1.17. The lowest BCUT2D eigenvalue weighted by Crippen LogP contribution is -2.52. The summed E-state index contributed by atoms with van der Waals surface area (Å²) in [4.78, 5) is 70.2. The van der Waals surface area contributed by atoms with Crippen molar-refractivity contribution in [1.29, 1.82) is 0 Å². The summed E-state index contributed by atoms with van der Waals surface area (Å²) in [6, 6.07) is 26.2. The van der Waals surface area contributed by atoms with Gasteiger partial charge in [-0.25, -0.2) is 0 Å². The van der Waals surface area contributed by atoms with Crippen LogP contribution >= 0.6 is 0 Å². The molecule has 0 spiro atoms. The topological polar surface area (TPSA) is 181 Å². The second-order valence-electron chi connectivity index (χ2n) is 17.0. The second-order valence-corrected chi connectivity index (χ2v) is 17.0. The number of amides is 5. The van der Waals surface area contributed by atoms with Gasteiger partial charge in [0.05, 0.1) is 30.1 Å². The lowest BCUT2D eigenvalue weighted by Gasteiger charge is -2.38. The molecule has 0 aromatic heterocycles. The van der Waals surface area contributed by atoms with Gasteiger partial charge < -0.3 is 30.9 Å². The van der Waals surface area contributed by atoms with E-state index in [0.717, 1.165) is 53.2 Å². The average molecular weight is 852 g/mol. The summed E-state index contributed by atoms with van der Waals surface area (Å²) in [5.74, 6) is -3.04. The molecule has 7 atom stereocenters. The maximum atomic E-state index is 14.3. The van der Waals surface area contributed by atoms with Crippen LogP contribution in [0.25, 0.3) is 32.3 Å². The highest BCUT2D eigenvalue weighted by Gasteiger charge is 2.47. The van der Waals surface area contributed by atoms with Crippen LogP contribution < -0.4 is 25.8 Å². The molecule has 5 amide bonds. The number of hydrogen-bond acceptors (Lipinski definition) is 10. The van der Waals surface area contributed by atoms with Crippen molar-refractivity contribution in [3.8, 4) is 11.5 Å². The van der Waals surface area contributed by atoms with E-state index in [4.69, 9.17) is 15.2 Å². The molecule has 13 heteroatoms. The number of nitrogens with one attached hydrogen (secondary N) is 2. The Hall–Kier alpha value is -6.41. The maximum absolute atomic E-state index is 14.3. The van der Waals surface area contributed by atoms with Crippen LogP contribution in [0.1, 0.15) is 52.6 Å². The molecule has 326 valence electrons. The van der Waals surface area contributed by atoms with E-state index in [9.17, 15) is 29.1 Å². The number of benzene rings is 6. The first-order valence-corrected chi connectivity index (χ1v) is 21.5. The Labute approximate surface area is 365 Å². The molecule has 8 rings (SSSR count). The molecule has 0 saturated carbocycles. The number of nitrogens with zero attached hydrogens (tertiary/aromatic N) is 2. The second kappa shape index (κ2) is 17.8. The number of aliphatic hydroxyl groups excluding tert-OH is 1. The largest absolute Gasteiger partial charge is 0.491 e. The van der Waals surface area contributed by atoms with Crippen molar-refractivity contribution in [2.75, 3.05) is 33.4 Å². The quantitative estimate of drug-likeness (QED) is 0.0609. The Morgan fingerprint density at radius 1 is 0.857 bits per heavy atom. The number of fused-ring (bicyclic) bond motifs is 1. The summed E-state index contributed by atoms with van der Waals surface area (Å²) in [7, 11) is 1.74. The van der Waals surface area contributed by atoms with E-state index in [1.54, 1.807) is 45.2 Å². The third-order valence-electron chi connectivity index (χ3n) is 13.3. The van der Waals surface area contributed by atoms with E-state index in [1.807, 2.05) is 74.5 Å².